The molecular formula is C16H12BrN3O4S. The zero-order chi connectivity index (χ0) is 18.4. The topological polar surface area (TPSA) is 119 Å². The normalized spacial score (nSPS) is 11.5. The molecule has 0 radical (unpaired) electrons. The lowest BCUT2D eigenvalue weighted by molar-refractivity contribution is -0.112. The van der Waals surface area contributed by atoms with Crippen molar-refractivity contribution in [2.75, 3.05) is 10.6 Å². The molecule has 0 aromatic heterocycles. The fraction of sp³-hybridized carbons (Fsp3) is 0. The lowest BCUT2D eigenvalue weighted by Gasteiger charge is -2.06. The van der Waals surface area contributed by atoms with Crippen molar-refractivity contribution in [3.05, 3.63) is 64.8 Å². The largest absolute Gasteiger partial charge is 0.359 e. The maximum absolute atomic E-state index is 12.1. The molecule has 0 aliphatic carbocycles. The molecule has 9 heteroatoms. The summed E-state index contributed by atoms with van der Waals surface area (Å²) in [5, 5.41) is 14.4. The van der Waals surface area contributed by atoms with Crippen molar-refractivity contribution in [2.24, 2.45) is 0 Å². The molecule has 2 rings (SSSR count). The lowest BCUT2D eigenvalue weighted by atomic mass is 10.2. The first-order valence-electron chi connectivity index (χ1n) is 6.81. The number of nitrogens with zero attached hydrogens (tertiary/aromatic N) is 1. The van der Waals surface area contributed by atoms with Crippen LogP contribution in [-0.4, -0.2) is 18.9 Å². The minimum absolute atomic E-state index is 0.172. The van der Waals surface area contributed by atoms with Crippen LogP contribution in [0.4, 0.5) is 11.4 Å². The number of benzene rings is 2. The van der Waals surface area contributed by atoms with Gasteiger partial charge in [-0.05, 0) is 52.3 Å². The molecule has 2 aromatic rings. The molecule has 0 fully saturated rings. The van der Waals surface area contributed by atoms with Gasteiger partial charge in [0.05, 0.1) is 10.6 Å². The Kier molecular flexibility index (Phi) is 5.93. The van der Waals surface area contributed by atoms with E-state index in [2.05, 4.69) is 26.6 Å². The summed E-state index contributed by atoms with van der Waals surface area (Å²) in [5.41, 5.74) is 0.787. The number of nitriles is 1. The minimum atomic E-state index is -4.30. The zero-order valence-electron chi connectivity index (χ0n) is 12.6. The van der Waals surface area contributed by atoms with Gasteiger partial charge >= 0.3 is 0 Å². The standard InChI is InChI=1S/C16H12BrN3O4S/c17-14-3-1-2-4-15(14)19-10-11(9-18)16(21)20-12-5-7-13(8-6-12)25(22,23)24/h1-8,10,19H,(H,20,21)(H,22,23,24)/b11-10-. The van der Waals surface area contributed by atoms with E-state index >= 15 is 0 Å². The molecule has 0 spiro atoms. The number of nitrogens with one attached hydrogen (secondary N) is 2. The van der Waals surface area contributed by atoms with Gasteiger partial charge in [-0.15, -0.1) is 0 Å². The highest BCUT2D eigenvalue weighted by molar-refractivity contribution is 9.10. The van der Waals surface area contributed by atoms with Crippen molar-refractivity contribution in [3.8, 4) is 6.07 Å². The van der Waals surface area contributed by atoms with E-state index in [1.165, 1.54) is 18.3 Å². The van der Waals surface area contributed by atoms with E-state index in [9.17, 15) is 13.2 Å². The SMILES string of the molecule is N#C/C(=C/Nc1ccccc1Br)C(=O)Nc1ccc(S(=O)(=O)O)cc1. The minimum Gasteiger partial charge on any atom is -0.359 e. The number of hydrogen-bond acceptors (Lipinski definition) is 5. The van der Waals surface area contributed by atoms with Crippen LogP contribution in [-0.2, 0) is 14.9 Å². The van der Waals surface area contributed by atoms with Crippen LogP contribution in [0.25, 0.3) is 0 Å². The van der Waals surface area contributed by atoms with Crippen molar-refractivity contribution >= 4 is 43.3 Å². The second-order valence-corrected chi connectivity index (χ2v) is 7.02. The van der Waals surface area contributed by atoms with Crippen molar-refractivity contribution in [1.82, 2.24) is 0 Å². The number of halogens is 1. The first-order chi connectivity index (χ1) is 11.8. The van der Waals surface area contributed by atoms with Gasteiger partial charge in [-0.25, -0.2) is 0 Å². The van der Waals surface area contributed by atoms with Gasteiger partial charge < -0.3 is 10.6 Å². The van der Waals surface area contributed by atoms with Gasteiger partial charge in [-0.3, -0.25) is 9.35 Å². The fourth-order valence-electron chi connectivity index (χ4n) is 1.79. The van der Waals surface area contributed by atoms with Gasteiger partial charge in [0.15, 0.2) is 0 Å². The van der Waals surface area contributed by atoms with Crippen LogP contribution in [0.5, 0.6) is 0 Å². The number of hydrogen-bond donors (Lipinski definition) is 3. The van der Waals surface area contributed by atoms with Gasteiger partial charge in [-0.2, -0.15) is 13.7 Å². The van der Waals surface area contributed by atoms with E-state index in [4.69, 9.17) is 9.81 Å². The molecule has 128 valence electrons. The second-order valence-electron chi connectivity index (χ2n) is 4.75. The molecule has 0 bridgehead atoms. The van der Waals surface area contributed by atoms with Gasteiger partial charge in [0.1, 0.15) is 11.6 Å². The molecule has 0 aliphatic rings. The smallest absolute Gasteiger partial charge is 0.294 e. The number of carbonyl (C=O) groups is 1. The van der Waals surface area contributed by atoms with Crippen LogP contribution < -0.4 is 10.6 Å². The highest BCUT2D eigenvalue weighted by atomic mass is 79.9. The Labute approximate surface area is 152 Å². The van der Waals surface area contributed by atoms with Crippen molar-refractivity contribution in [1.29, 1.82) is 5.26 Å². The summed E-state index contributed by atoms with van der Waals surface area (Å²) in [6.07, 6.45) is 1.27. The monoisotopic (exact) mass is 421 g/mol. The van der Waals surface area contributed by atoms with Crippen LogP contribution in [0.15, 0.2) is 69.7 Å². The maximum Gasteiger partial charge on any atom is 0.294 e. The summed E-state index contributed by atoms with van der Waals surface area (Å²) in [6, 6.07) is 13.9. The third kappa shape index (κ3) is 5.15. The van der Waals surface area contributed by atoms with Crippen LogP contribution in [0.3, 0.4) is 0 Å². The number of anilines is 2. The molecule has 3 N–H and O–H groups in total. The molecule has 2 aromatic carbocycles. The molecule has 7 nitrogen and oxygen atoms in total. The Morgan fingerprint density at radius 1 is 1.16 bits per heavy atom. The average molecular weight is 422 g/mol. The van der Waals surface area contributed by atoms with E-state index in [1.54, 1.807) is 24.3 Å². The van der Waals surface area contributed by atoms with Crippen LogP contribution >= 0.6 is 15.9 Å². The predicted octanol–water partition coefficient (Wildman–Crippen LogP) is 3.15. The maximum atomic E-state index is 12.1. The Morgan fingerprint density at radius 2 is 1.80 bits per heavy atom. The lowest BCUT2D eigenvalue weighted by Crippen LogP contribution is -2.14. The van der Waals surface area contributed by atoms with Gasteiger partial charge in [0.2, 0.25) is 0 Å². The Bertz CT molecular complexity index is 964. The Morgan fingerprint density at radius 3 is 2.36 bits per heavy atom. The second kappa shape index (κ2) is 7.94. The number of rotatable bonds is 5. The fourth-order valence-corrected chi connectivity index (χ4v) is 2.66. The summed E-state index contributed by atoms with van der Waals surface area (Å²) in [7, 11) is -4.30. The molecule has 25 heavy (non-hydrogen) atoms. The Hall–Kier alpha value is -2.67. The highest BCUT2D eigenvalue weighted by Gasteiger charge is 2.12. The molecule has 0 unspecified atom stereocenters. The van der Waals surface area contributed by atoms with Crippen molar-refractivity contribution in [2.45, 2.75) is 4.90 Å². The molecule has 0 saturated heterocycles. The molecule has 0 saturated carbocycles. The van der Waals surface area contributed by atoms with Gasteiger partial charge in [-0.1, -0.05) is 12.1 Å². The highest BCUT2D eigenvalue weighted by Crippen LogP contribution is 2.21. The van der Waals surface area contributed by atoms with Gasteiger partial charge in [0.25, 0.3) is 16.0 Å². The van der Waals surface area contributed by atoms with Crippen LogP contribution in [0, 0.1) is 11.3 Å². The first kappa shape index (κ1) is 18.7. The van der Waals surface area contributed by atoms with Crippen LogP contribution in [0.1, 0.15) is 0 Å². The third-order valence-corrected chi connectivity index (χ3v) is 4.58. The molecule has 0 heterocycles. The van der Waals surface area contributed by atoms with E-state index in [-0.39, 0.29) is 16.2 Å². The predicted molar refractivity (Wildman–Crippen MR) is 96.3 cm³/mol. The van der Waals surface area contributed by atoms with Crippen molar-refractivity contribution in [3.63, 3.8) is 0 Å². The van der Waals surface area contributed by atoms with Gasteiger partial charge in [0, 0.05) is 16.4 Å². The number of carbonyl (C=O) groups excluding carboxylic acids is 1. The first-order valence-corrected chi connectivity index (χ1v) is 9.05. The molecule has 1 amide bonds. The summed E-state index contributed by atoms with van der Waals surface area (Å²) >= 11 is 3.34. The third-order valence-electron chi connectivity index (χ3n) is 3.02. The quantitative estimate of drug-likeness (QED) is 0.387. The van der Waals surface area contributed by atoms with E-state index in [0.717, 1.165) is 16.6 Å². The van der Waals surface area contributed by atoms with E-state index in [0.29, 0.717) is 5.69 Å². The molecular weight excluding hydrogens is 410 g/mol. The van der Waals surface area contributed by atoms with Crippen LogP contribution in [0.2, 0.25) is 0 Å². The summed E-state index contributed by atoms with van der Waals surface area (Å²) in [5.74, 6) is -0.665. The summed E-state index contributed by atoms with van der Waals surface area (Å²) in [4.78, 5) is 11.8. The average Bonchev–Trinajstić information content (AvgIpc) is 2.56. The Balaban J connectivity index is 2.11. The summed E-state index contributed by atoms with van der Waals surface area (Å²) in [6.45, 7) is 0. The number of amides is 1. The van der Waals surface area contributed by atoms with Crippen molar-refractivity contribution < 1.29 is 17.8 Å². The van der Waals surface area contributed by atoms with E-state index in [1.807, 2.05) is 6.07 Å². The molecule has 0 atom stereocenters. The summed E-state index contributed by atoms with van der Waals surface area (Å²) < 4.78 is 31.6. The molecule has 0 aliphatic heterocycles. The van der Waals surface area contributed by atoms with E-state index < -0.39 is 16.0 Å². The number of para-hydroxylation sites is 1. The zero-order valence-corrected chi connectivity index (χ0v) is 15.0.